The van der Waals surface area contributed by atoms with E-state index in [-0.39, 0.29) is 17.2 Å². The molecule has 2 aromatic carbocycles. The van der Waals surface area contributed by atoms with Crippen molar-refractivity contribution >= 4 is 22.6 Å². The molecule has 1 fully saturated rings. The molecule has 0 bridgehead atoms. The van der Waals surface area contributed by atoms with Crippen LogP contribution in [0.25, 0.3) is 10.9 Å². The fraction of sp³-hybridized carbons (Fsp3) is 0.261. The van der Waals surface area contributed by atoms with E-state index in [1.165, 1.54) is 6.07 Å². The second-order valence-corrected chi connectivity index (χ2v) is 7.34. The van der Waals surface area contributed by atoms with Gasteiger partial charge in [-0.3, -0.25) is 19.3 Å². The summed E-state index contributed by atoms with van der Waals surface area (Å²) in [4.78, 5) is 43.4. The van der Waals surface area contributed by atoms with Crippen LogP contribution in [-0.4, -0.2) is 66.3 Å². The molecule has 1 aromatic heterocycles. The van der Waals surface area contributed by atoms with Gasteiger partial charge in [0.15, 0.2) is 5.78 Å². The molecule has 0 unspecified atom stereocenters. The van der Waals surface area contributed by atoms with E-state index in [4.69, 9.17) is 4.74 Å². The summed E-state index contributed by atoms with van der Waals surface area (Å²) < 4.78 is 5.13. The lowest BCUT2D eigenvalue weighted by Gasteiger charge is -2.34. The van der Waals surface area contributed by atoms with Gasteiger partial charge in [0.05, 0.1) is 13.7 Å². The minimum Gasteiger partial charge on any atom is -0.497 e. The first-order valence-electron chi connectivity index (χ1n) is 9.85. The van der Waals surface area contributed by atoms with Gasteiger partial charge < -0.3 is 14.6 Å². The molecule has 1 amide bonds. The molecule has 0 radical (unpaired) electrons. The summed E-state index contributed by atoms with van der Waals surface area (Å²) in [5, 5.41) is 0.829. The first kappa shape index (κ1) is 19.8. The normalized spacial score (nSPS) is 14.6. The second kappa shape index (κ2) is 8.51. The van der Waals surface area contributed by atoms with Crippen molar-refractivity contribution in [2.75, 3.05) is 39.8 Å². The van der Waals surface area contributed by atoms with E-state index in [0.717, 1.165) is 11.1 Å². The Hall–Kier alpha value is -3.45. The topological polar surface area (TPSA) is 82.7 Å². The van der Waals surface area contributed by atoms with E-state index in [0.29, 0.717) is 49.4 Å². The molecular formula is C23H23N3O4. The summed E-state index contributed by atoms with van der Waals surface area (Å²) in [5.74, 6) is 0.736. The third-order valence-electron chi connectivity index (χ3n) is 5.41. The zero-order valence-corrected chi connectivity index (χ0v) is 16.8. The molecule has 1 N–H and O–H groups in total. The Labute approximate surface area is 173 Å². The molecule has 30 heavy (non-hydrogen) atoms. The largest absolute Gasteiger partial charge is 0.497 e. The maximum absolute atomic E-state index is 12.7. The smallest absolute Gasteiger partial charge is 0.253 e. The number of aromatic nitrogens is 1. The Kier molecular flexibility index (Phi) is 5.63. The number of pyridine rings is 1. The Morgan fingerprint density at radius 3 is 2.33 bits per heavy atom. The van der Waals surface area contributed by atoms with Crippen molar-refractivity contribution in [1.29, 1.82) is 0 Å². The van der Waals surface area contributed by atoms with E-state index in [2.05, 4.69) is 9.88 Å². The van der Waals surface area contributed by atoms with Gasteiger partial charge in [-0.25, -0.2) is 0 Å². The maximum Gasteiger partial charge on any atom is 0.253 e. The van der Waals surface area contributed by atoms with Crippen LogP contribution >= 0.6 is 0 Å². The van der Waals surface area contributed by atoms with Crippen molar-refractivity contribution in [2.45, 2.75) is 0 Å². The quantitative estimate of drug-likeness (QED) is 0.658. The Morgan fingerprint density at radius 1 is 0.933 bits per heavy atom. The fourth-order valence-corrected chi connectivity index (χ4v) is 3.65. The molecule has 1 aliphatic heterocycles. The third kappa shape index (κ3) is 4.26. The molecule has 2 heterocycles. The van der Waals surface area contributed by atoms with Gasteiger partial charge in [-0.2, -0.15) is 0 Å². The minimum absolute atomic E-state index is 0.00727. The third-order valence-corrected chi connectivity index (χ3v) is 5.41. The SMILES string of the molecule is COc1ccc(C(=O)N2CCN(CC(=O)c3ccc4[nH]c(=O)ccc4c3)CC2)cc1. The molecule has 4 rings (SSSR count). The lowest BCUT2D eigenvalue weighted by atomic mass is 10.1. The molecule has 154 valence electrons. The number of rotatable bonds is 5. The number of carbonyl (C=O) groups is 2. The fourth-order valence-electron chi connectivity index (χ4n) is 3.65. The van der Waals surface area contributed by atoms with Gasteiger partial charge in [-0.05, 0) is 53.9 Å². The van der Waals surface area contributed by atoms with Gasteiger partial charge >= 0.3 is 0 Å². The minimum atomic E-state index is -0.163. The Morgan fingerprint density at radius 2 is 1.63 bits per heavy atom. The van der Waals surface area contributed by atoms with Crippen LogP contribution < -0.4 is 10.3 Å². The first-order chi connectivity index (χ1) is 14.5. The molecule has 3 aromatic rings. The molecule has 7 nitrogen and oxygen atoms in total. The molecule has 0 atom stereocenters. The number of H-pyrrole nitrogens is 1. The van der Waals surface area contributed by atoms with Crippen LogP contribution in [-0.2, 0) is 0 Å². The highest BCUT2D eigenvalue weighted by atomic mass is 16.5. The van der Waals surface area contributed by atoms with E-state index >= 15 is 0 Å². The van der Waals surface area contributed by atoms with Crippen molar-refractivity contribution in [3.05, 3.63) is 76.1 Å². The summed E-state index contributed by atoms with van der Waals surface area (Å²) in [6.45, 7) is 2.76. The highest BCUT2D eigenvalue weighted by molar-refractivity contribution is 6.00. The average Bonchev–Trinajstić information content (AvgIpc) is 2.78. The summed E-state index contributed by atoms with van der Waals surface area (Å²) in [7, 11) is 1.59. The lowest BCUT2D eigenvalue weighted by Crippen LogP contribution is -2.49. The number of carbonyl (C=O) groups excluding carboxylic acids is 2. The van der Waals surface area contributed by atoms with Gasteiger partial charge in [0.1, 0.15) is 5.75 Å². The van der Waals surface area contributed by atoms with Crippen molar-refractivity contribution in [3.8, 4) is 5.75 Å². The van der Waals surface area contributed by atoms with Crippen LogP contribution in [0.2, 0.25) is 0 Å². The molecule has 7 heteroatoms. The predicted octanol–water partition coefficient (Wildman–Crippen LogP) is 2.18. The number of benzene rings is 2. The number of hydrogen-bond donors (Lipinski definition) is 1. The number of amides is 1. The number of nitrogens with zero attached hydrogens (tertiary/aromatic N) is 2. The summed E-state index contributed by atoms with van der Waals surface area (Å²) in [6.07, 6.45) is 0. The lowest BCUT2D eigenvalue weighted by molar-refractivity contribution is 0.0624. The first-order valence-corrected chi connectivity index (χ1v) is 9.85. The molecule has 0 saturated carbocycles. The second-order valence-electron chi connectivity index (χ2n) is 7.34. The molecule has 0 spiro atoms. The van der Waals surface area contributed by atoms with Crippen LogP contribution in [0.1, 0.15) is 20.7 Å². The van der Waals surface area contributed by atoms with Gasteiger partial charge in [0, 0.05) is 48.9 Å². The number of hydrogen-bond acceptors (Lipinski definition) is 5. The van der Waals surface area contributed by atoms with Crippen LogP contribution in [0.5, 0.6) is 5.75 Å². The van der Waals surface area contributed by atoms with Crippen LogP contribution in [0.15, 0.2) is 59.4 Å². The number of Topliss-reactive ketones (excluding diaryl/α,β-unsaturated/α-hetero) is 1. The zero-order valence-electron chi connectivity index (χ0n) is 16.8. The molecule has 0 aliphatic carbocycles. The van der Waals surface area contributed by atoms with E-state index in [1.54, 1.807) is 55.6 Å². The Balaban J connectivity index is 1.35. The van der Waals surface area contributed by atoms with Crippen molar-refractivity contribution in [3.63, 3.8) is 0 Å². The summed E-state index contributed by atoms with van der Waals surface area (Å²) >= 11 is 0. The number of ether oxygens (including phenoxy) is 1. The monoisotopic (exact) mass is 405 g/mol. The van der Waals surface area contributed by atoms with E-state index in [9.17, 15) is 14.4 Å². The van der Waals surface area contributed by atoms with Gasteiger partial charge in [0.25, 0.3) is 5.91 Å². The number of aromatic amines is 1. The number of nitrogens with one attached hydrogen (secondary N) is 1. The van der Waals surface area contributed by atoms with Gasteiger partial charge in [0.2, 0.25) is 5.56 Å². The summed E-state index contributed by atoms with van der Waals surface area (Å²) in [5.41, 5.74) is 1.80. The van der Waals surface area contributed by atoms with Crippen molar-refractivity contribution in [2.24, 2.45) is 0 Å². The van der Waals surface area contributed by atoms with Crippen LogP contribution in [0, 0.1) is 0 Å². The highest BCUT2D eigenvalue weighted by Crippen LogP contribution is 2.16. The number of ketones is 1. The van der Waals surface area contributed by atoms with E-state index in [1.807, 2.05) is 4.90 Å². The molecule has 1 aliphatic rings. The Bertz CT molecular complexity index is 1130. The van der Waals surface area contributed by atoms with E-state index < -0.39 is 0 Å². The highest BCUT2D eigenvalue weighted by Gasteiger charge is 2.23. The predicted molar refractivity (Wildman–Crippen MR) is 114 cm³/mol. The maximum atomic E-state index is 12.7. The summed E-state index contributed by atoms with van der Waals surface area (Å²) in [6, 6.07) is 15.6. The average molecular weight is 405 g/mol. The van der Waals surface area contributed by atoms with Crippen molar-refractivity contribution in [1.82, 2.24) is 14.8 Å². The number of methoxy groups -OCH3 is 1. The zero-order chi connectivity index (χ0) is 21.1. The van der Waals surface area contributed by atoms with Gasteiger partial charge in [-0.15, -0.1) is 0 Å². The standard InChI is InChI=1S/C23H23N3O4/c1-30-19-6-2-16(3-7-19)23(29)26-12-10-25(11-13-26)15-21(27)18-4-8-20-17(14-18)5-9-22(28)24-20/h2-9,14H,10-13,15H2,1H3,(H,24,28). The van der Waals surface area contributed by atoms with Crippen LogP contribution in [0.4, 0.5) is 0 Å². The molecular weight excluding hydrogens is 382 g/mol. The number of fused-ring (bicyclic) bond motifs is 1. The van der Waals surface area contributed by atoms with Crippen LogP contribution in [0.3, 0.4) is 0 Å². The van der Waals surface area contributed by atoms with Gasteiger partial charge in [-0.1, -0.05) is 0 Å². The number of piperazine rings is 1. The van der Waals surface area contributed by atoms with Crippen molar-refractivity contribution < 1.29 is 14.3 Å². The molecule has 1 saturated heterocycles.